The Hall–Kier alpha value is -2.42. The third-order valence-electron chi connectivity index (χ3n) is 4.65. The lowest BCUT2D eigenvalue weighted by Crippen LogP contribution is -2.44. The number of nitrogens with zero attached hydrogens (tertiary/aromatic N) is 4. The number of thiol groups is 1. The summed E-state index contributed by atoms with van der Waals surface area (Å²) in [5, 5.41) is 19.7. The van der Waals surface area contributed by atoms with Crippen LogP contribution in [-0.4, -0.2) is 43.9 Å². The van der Waals surface area contributed by atoms with Crippen LogP contribution in [0.4, 0.5) is 0 Å². The number of benzene rings is 2. The van der Waals surface area contributed by atoms with E-state index >= 15 is 0 Å². The van der Waals surface area contributed by atoms with Crippen LogP contribution in [0.1, 0.15) is 0 Å². The van der Waals surface area contributed by atoms with Crippen LogP contribution < -0.4 is 5.32 Å². The number of rotatable bonds is 4. The van der Waals surface area contributed by atoms with E-state index in [2.05, 4.69) is 55.2 Å². The van der Waals surface area contributed by atoms with E-state index in [0.717, 1.165) is 50.5 Å². The fourth-order valence-corrected chi connectivity index (χ4v) is 4.72. The first-order valence-corrected chi connectivity index (χ1v) is 9.94. The van der Waals surface area contributed by atoms with Gasteiger partial charge in [-0.05, 0) is 29.0 Å². The van der Waals surface area contributed by atoms with Crippen molar-refractivity contribution in [3.05, 3.63) is 48.7 Å². The minimum Gasteiger partial charge on any atom is -0.314 e. The second-order valence-corrected chi connectivity index (χ2v) is 8.17. The van der Waals surface area contributed by atoms with E-state index in [1.807, 2.05) is 36.2 Å². The van der Waals surface area contributed by atoms with Gasteiger partial charge >= 0.3 is 0 Å². The maximum atomic E-state index is 4.85. The Kier molecular flexibility index (Phi) is 4.31. The number of thioether (sulfide) groups is 1. The van der Waals surface area contributed by atoms with Crippen molar-refractivity contribution in [1.29, 1.82) is 0 Å². The Bertz CT molecular complexity index is 1110. The molecule has 0 bridgehead atoms. The molecule has 0 amide bonds. The van der Waals surface area contributed by atoms with Crippen LogP contribution >= 0.6 is 24.4 Å². The molecule has 0 aliphatic carbocycles. The first-order valence-electron chi connectivity index (χ1n) is 8.62. The van der Waals surface area contributed by atoms with Gasteiger partial charge in [0.25, 0.3) is 0 Å². The first-order chi connectivity index (χ1) is 13.3. The lowest BCUT2D eigenvalue weighted by molar-refractivity contribution is 0.543. The van der Waals surface area contributed by atoms with Crippen LogP contribution in [0.15, 0.2) is 58.5 Å². The summed E-state index contributed by atoms with van der Waals surface area (Å²) in [6, 6.07) is 14.4. The summed E-state index contributed by atoms with van der Waals surface area (Å²) in [7, 11) is 0. The zero-order valence-corrected chi connectivity index (χ0v) is 16.0. The molecule has 2 aromatic heterocycles. The van der Waals surface area contributed by atoms with Gasteiger partial charge in [-0.1, -0.05) is 24.3 Å². The van der Waals surface area contributed by atoms with Gasteiger partial charge in [-0.25, -0.2) is 0 Å². The molecule has 0 atom stereocenters. The van der Waals surface area contributed by atoms with Crippen LogP contribution in [0.2, 0.25) is 0 Å². The van der Waals surface area contributed by atoms with Crippen molar-refractivity contribution in [2.45, 2.75) is 15.0 Å². The summed E-state index contributed by atoms with van der Waals surface area (Å²) < 4.78 is 0. The number of aromatic nitrogens is 5. The van der Waals surface area contributed by atoms with Gasteiger partial charge in [0.2, 0.25) is 5.82 Å². The van der Waals surface area contributed by atoms with Gasteiger partial charge in [0, 0.05) is 50.8 Å². The van der Waals surface area contributed by atoms with Crippen molar-refractivity contribution < 1.29 is 0 Å². The molecule has 5 rings (SSSR count). The Morgan fingerprint density at radius 3 is 2.78 bits per heavy atom. The number of fused-ring (bicyclic) bond motifs is 1. The molecule has 1 saturated heterocycles. The number of hydrogen-bond acceptors (Lipinski definition) is 7. The monoisotopic (exact) mass is 392 g/mol. The quantitative estimate of drug-likeness (QED) is 0.462. The third-order valence-corrected chi connectivity index (χ3v) is 6.53. The largest absolute Gasteiger partial charge is 0.314 e. The van der Waals surface area contributed by atoms with E-state index in [9.17, 15) is 0 Å². The average molecular weight is 393 g/mol. The maximum absolute atomic E-state index is 4.85. The molecular formula is C19H16N6S2. The Morgan fingerprint density at radius 1 is 1.11 bits per heavy atom. The molecule has 0 unspecified atom stereocenters. The molecular weight excluding hydrogens is 376 g/mol. The molecule has 0 spiro atoms. The molecule has 0 radical (unpaired) electrons. The highest BCUT2D eigenvalue weighted by atomic mass is 32.2. The minimum atomic E-state index is 0.539. The molecule has 4 aromatic rings. The van der Waals surface area contributed by atoms with E-state index < -0.39 is 0 Å². The highest BCUT2D eigenvalue weighted by Gasteiger charge is 2.23. The highest BCUT2D eigenvalue weighted by molar-refractivity contribution is 8.00. The van der Waals surface area contributed by atoms with Crippen molar-refractivity contribution in [2.24, 2.45) is 0 Å². The molecule has 2 aromatic carbocycles. The van der Waals surface area contributed by atoms with Gasteiger partial charge in [-0.15, -0.1) is 34.6 Å². The summed E-state index contributed by atoms with van der Waals surface area (Å²) in [5.41, 5.74) is 3.85. The van der Waals surface area contributed by atoms with E-state index in [4.69, 9.17) is 12.6 Å². The van der Waals surface area contributed by atoms with Crippen molar-refractivity contribution in [1.82, 2.24) is 30.9 Å². The topological polar surface area (TPSA) is 79.4 Å². The number of tetrazole rings is 1. The van der Waals surface area contributed by atoms with Crippen molar-refractivity contribution in [3.8, 4) is 22.5 Å². The van der Waals surface area contributed by atoms with Crippen LogP contribution in [0, 0.1) is 0 Å². The number of H-pyrrole nitrogens is 1. The standard InChI is InChI=1S/C19H16N6S2/c26-18-16(27-13-9-20-10-13)6-5-14(17(18)19-22-24-25-23-19)12-7-11-3-1-2-4-15(11)21-8-12/h1-8,13,20,26H,9-10H2,(H,22,23,24,25). The van der Waals surface area contributed by atoms with Crippen molar-refractivity contribution >= 4 is 35.3 Å². The van der Waals surface area contributed by atoms with E-state index in [-0.39, 0.29) is 0 Å². The number of pyridine rings is 1. The summed E-state index contributed by atoms with van der Waals surface area (Å²) in [6.45, 7) is 2.04. The molecule has 2 N–H and O–H groups in total. The maximum Gasteiger partial charge on any atom is 0.206 e. The molecule has 1 aliphatic heterocycles. The summed E-state index contributed by atoms with van der Waals surface area (Å²) in [6.07, 6.45) is 1.89. The van der Waals surface area contributed by atoms with Gasteiger partial charge in [-0.2, -0.15) is 5.21 Å². The average Bonchev–Trinajstić information content (AvgIpc) is 3.19. The van der Waals surface area contributed by atoms with E-state index in [1.54, 1.807) is 0 Å². The molecule has 27 heavy (non-hydrogen) atoms. The molecule has 3 heterocycles. The second-order valence-electron chi connectivity index (χ2n) is 6.39. The molecule has 1 fully saturated rings. The van der Waals surface area contributed by atoms with Crippen molar-refractivity contribution in [3.63, 3.8) is 0 Å². The molecule has 6 nitrogen and oxygen atoms in total. The summed E-state index contributed by atoms with van der Waals surface area (Å²) in [4.78, 5) is 6.60. The summed E-state index contributed by atoms with van der Waals surface area (Å²) in [5.74, 6) is 0.539. The highest BCUT2D eigenvalue weighted by Crippen LogP contribution is 2.42. The Morgan fingerprint density at radius 2 is 2.00 bits per heavy atom. The Labute approximate surface area is 165 Å². The predicted molar refractivity (Wildman–Crippen MR) is 110 cm³/mol. The molecule has 8 heteroatoms. The van der Waals surface area contributed by atoms with Gasteiger partial charge in [0.05, 0.1) is 5.52 Å². The smallest absolute Gasteiger partial charge is 0.206 e. The van der Waals surface area contributed by atoms with Crippen LogP contribution in [0.3, 0.4) is 0 Å². The molecule has 134 valence electrons. The van der Waals surface area contributed by atoms with Crippen molar-refractivity contribution in [2.75, 3.05) is 13.1 Å². The zero-order valence-electron chi connectivity index (χ0n) is 14.3. The van der Waals surface area contributed by atoms with E-state index in [1.165, 1.54) is 0 Å². The fraction of sp³-hybridized carbons (Fsp3) is 0.158. The van der Waals surface area contributed by atoms with Gasteiger partial charge in [0.1, 0.15) is 0 Å². The first kappa shape index (κ1) is 16.7. The number of aromatic amines is 1. The lowest BCUT2D eigenvalue weighted by atomic mass is 9.99. The van der Waals surface area contributed by atoms with Gasteiger partial charge < -0.3 is 5.32 Å². The third kappa shape index (κ3) is 3.09. The lowest BCUT2D eigenvalue weighted by Gasteiger charge is -2.27. The number of hydrogen-bond donors (Lipinski definition) is 3. The predicted octanol–water partition coefficient (Wildman–Crippen LogP) is 3.43. The van der Waals surface area contributed by atoms with E-state index in [0.29, 0.717) is 11.1 Å². The van der Waals surface area contributed by atoms with Crippen LogP contribution in [-0.2, 0) is 0 Å². The normalized spacial score (nSPS) is 14.4. The Balaban J connectivity index is 1.67. The molecule has 0 saturated carbocycles. The number of para-hydroxylation sites is 1. The van der Waals surface area contributed by atoms with Crippen LogP contribution in [0.5, 0.6) is 0 Å². The summed E-state index contributed by atoms with van der Waals surface area (Å²) >= 11 is 6.68. The van der Waals surface area contributed by atoms with Crippen LogP contribution in [0.25, 0.3) is 33.4 Å². The zero-order chi connectivity index (χ0) is 18.2. The minimum absolute atomic E-state index is 0.539. The van der Waals surface area contributed by atoms with Gasteiger partial charge in [0.15, 0.2) is 0 Å². The molecule has 1 aliphatic rings. The number of nitrogens with one attached hydrogen (secondary N) is 2. The fourth-order valence-electron chi connectivity index (χ4n) is 3.15. The second kappa shape index (κ2) is 6.95. The van der Waals surface area contributed by atoms with Gasteiger partial charge in [-0.3, -0.25) is 4.98 Å². The SMILES string of the molecule is Sc1c(SC2CNC2)ccc(-c2cnc3ccccc3c2)c1-c1nn[nH]n1.